The number of piperazine rings is 1. The lowest BCUT2D eigenvalue weighted by molar-refractivity contribution is -0.113. The zero-order valence-corrected chi connectivity index (χ0v) is 15.1. The van der Waals surface area contributed by atoms with Gasteiger partial charge in [0.25, 0.3) is 5.91 Å². The summed E-state index contributed by atoms with van der Waals surface area (Å²) in [6, 6.07) is 14.1. The van der Waals surface area contributed by atoms with E-state index in [0.29, 0.717) is 4.91 Å². The van der Waals surface area contributed by atoms with Crippen LogP contribution in [0.5, 0.6) is 0 Å². The van der Waals surface area contributed by atoms with Crippen molar-refractivity contribution in [1.29, 1.82) is 0 Å². The van der Waals surface area contributed by atoms with Gasteiger partial charge in [0, 0.05) is 31.9 Å². The van der Waals surface area contributed by atoms with Crippen LogP contribution in [-0.2, 0) is 4.79 Å². The van der Waals surface area contributed by atoms with E-state index < -0.39 is 0 Å². The van der Waals surface area contributed by atoms with Crippen LogP contribution in [0.1, 0.15) is 5.76 Å². The molecule has 5 nitrogen and oxygen atoms in total. The van der Waals surface area contributed by atoms with Crippen LogP contribution in [0.15, 0.2) is 75.2 Å². The highest BCUT2D eigenvalue weighted by molar-refractivity contribution is 8.18. The summed E-state index contributed by atoms with van der Waals surface area (Å²) in [6.07, 6.45) is 7.08. The molecule has 0 aliphatic carbocycles. The first kappa shape index (κ1) is 16.7. The van der Waals surface area contributed by atoms with E-state index in [4.69, 9.17) is 4.42 Å². The van der Waals surface area contributed by atoms with Gasteiger partial charge in [-0.3, -0.25) is 4.79 Å². The summed E-state index contributed by atoms with van der Waals surface area (Å²) < 4.78 is 5.24. The van der Waals surface area contributed by atoms with Crippen molar-refractivity contribution in [2.75, 3.05) is 31.1 Å². The van der Waals surface area contributed by atoms with Crippen LogP contribution < -0.4 is 4.90 Å². The van der Waals surface area contributed by atoms with E-state index in [1.165, 1.54) is 17.4 Å². The topological polar surface area (TPSA) is 49.1 Å². The van der Waals surface area contributed by atoms with Crippen molar-refractivity contribution >= 4 is 34.6 Å². The molecule has 0 N–H and O–H groups in total. The maximum atomic E-state index is 12.1. The molecule has 6 heteroatoms. The number of hydrogen-bond acceptors (Lipinski definition) is 5. The standard InChI is InChI=1S/C20H19N3O2S/c24-19-18(10-4-8-17-9-5-15-25-17)26-20(21-19)23-13-11-22(12-14-23)16-6-2-1-3-7-16/h1-10,15H,11-14H2. The zero-order chi connectivity index (χ0) is 17.8. The quantitative estimate of drug-likeness (QED) is 0.778. The molecule has 0 atom stereocenters. The van der Waals surface area contributed by atoms with E-state index in [1.54, 1.807) is 12.3 Å². The number of thioether (sulfide) groups is 1. The third-order valence-corrected chi connectivity index (χ3v) is 5.39. The lowest BCUT2D eigenvalue weighted by atomic mass is 10.2. The predicted octanol–water partition coefficient (Wildman–Crippen LogP) is 3.63. The van der Waals surface area contributed by atoms with Gasteiger partial charge in [0.1, 0.15) is 5.76 Å². The Kier molecular flexibility index (Phi) is 4.93. The van der Waals surface area contributed by atoms with Gasteiger partial charge in [-0.05, 0) is 48.2 Å². The number of amidine groups is 1. The van der Waals surface area contributed by atoms with Gasteiger partial charge in [-0.2, -0.15) is 4.99 Å². The Labute approximate surface area is 156 Å². The fourth-order valence-corrected chi connectivity index (χ4v) is 3.88. The normalized spacial score (nSPS) is 19.6. The van der Waals surface area contributed by atoms with Gasteiger partial charge in [-0.1, -0.05) is 24.3 Å². The molecular weight excluding hydrogens is 346 g/mol. The van der Waals surface area contributed by atoms with Gasteiger partial charge in [0.2, 0.25) is 0 Å². The van der Waals surface area contributed by atoms with Gasteiger partial charge in [-0.15, -0.1) is 0 Å². The zero-order valence-electron chi connectivity index (χ0n) is 14.2. The van der Waals surface area contributed by atoms with E-state index in [1.807, 2.05) is 30.4 Å². The maximum absolute atomic E-state index is 12.1. The fraction of sp³-hybridized carbons (Fsp3) is 0.200. The summed E-state index contributed by atoms with van der Waals surface area (Å²) in [4.78, 5) is 21.6. The highest BCUT2D eigenvalue weighted by atomic mass is 32.2. The number of amides is 1. The minimum absolute atomic E-state index is 0.167. The van der Waals surface area contributed by atoms with Crippen LogP contribution in [0, 0.1) is 0 Å². The number of aliphatic imine (C=N–C) groups is 1. The second-order valence-corrected chi connectivity index (χ2v) is 7.03. The molecule has 0 radical (unpaired) electrons. The van der Waals surface area contributed by atoms with Crippen molar-refractivity contribution in [2.45, 2.75) is 0 Å². The van der Waals surface area contributed by atoms with Crippen molar-refractivity contribution in [3.63, 3.8) is 0 Å². The van der Waals surface area contributed by atoms with Gasteiger partial charge in [0.05, 0.1) is 11.2 Å². The number of hydrogen-bond donors (Lipinski definition) is 0. The first-order valence-corrected chi connectivity index (χ1v) is 9.39. The van der Waals surface area contributed by atoms with E-state index in [2.05, 4.69) is 39.1 Å². The van der Waals surface area contributed by atoms with Crippen LogP contribution in [0.2, 0.25) is 0 Å². The molecule has 1 aromatic carbocycles. The molecule has 2 aromatic rings. The maximum Gasteiger partial charge on any atom is 0.286 e. The molecule has 0 saturated carbocycles. The molecule has 1 aromatic heterocycles. The molecule has 1 fully saturated rings. The Morgan fingerprint density at radius 3 is 2.50 bits per heavy atom. The van der Waals surface area contributed by atoms with Gasteiger partial charge >= 0.3 is 0 Å². The first-order valence-electron chi connectivity index (χ1n) is 8.57. The molecule has 26 heavy (non-hydrogen) atoms. The van der Waals surface area contributed by atoms with Crippen molar-refractivity contribution in [1.82, 2.24) is 4.90 Å². The summed E-state index contributed by atoms with van der Waals surface area (Å²) in [5.41, 5.74) is 1.24. The number of rotatable bonds is 3. The Balaban J connectivity index is 1.35. The number of furan rings is 1. The highest BCUT2D eigenvalue weighted by Crippen LogP contribution is 2.29. The molecule has 2 aliphatic heterocycles. The van der Waals surface area contributed by atoms with Gasteiger partial charge in [-0.25, -0.2) is 0 Å². The second-order valence-electron chi connectivity index (χ2n) is 6.02. The number of benzene rings is 1. The largest absolute Gasteiger partial charge is 0.465 e. The van der Waals surface area contributed by atoms with Crippen molar-refractivity contribution < 1.29 is 9.21 Å². The SMILES string of the molecule is O=C1N=C(N2CCN(c3ccccc3)CC2)SC1=CC=Cc1ccco1. The van der Waals surface area contributed by atoms with Crippen molar-refractivity contribution in [2.24, 2.45) is 4.99 Å². The summed E-state index contributed by atoms with van der Waals surface area (Å²) >= 11 is 1.45. The Bertz CT molecular complexity index is 848. The van der Waals surface area contributed by atoms with E-state index in [0.717, 1.165) is 37.1 Å². The second kappa shape index (κ2) is 7.66. The smallest absolute Gasteiger partial charge is 0.286 e. The number of carbonyl (C=O) groups is 1. The number of nitrogens with zero attached hydrogens (tertiary/aromatic N) is 3. The number of anilines is 1. The molecule has 132 valence electrons. The Morgan fingerprint density at radius 2 is 1.77 bits per heavy atom. The van der Waals surface area contributed by atoms with Crippen LogP contribution in [0.3, 0.4) is 0 Å². The Morgan fingerprint density at radius 1 is 1.00 bits per heavy atom. The minimum Gasteiger partial charge on any atom is -0.465 e. The predicted molar refractivity (Wildman–Crippen MR) is 106 cm³/mol. The average molecular weight is 365 g/mol. The van der Waals surface area contributed by atoms with Crippen LogP contribution in [0.4, 0.5) is 5.69 Å². The molecule has 2 aliphatic rings. The monoisotopic (exact) mass is 365 g/mol. The van der Waals surface area contributed by atoms with E-state index in [9.17, 15) is 4.79 Å². The lowest BCUT2D eigenvalue weighted by Gasteiger charge is -2.36. The van der Waals surface area contributed by atoms with Crippen LogP contribution in [0.25, 0.3) is 6.08 Å². The Hall–Kier alpha value is -2.73. The number of carbonyl (C=O) groups excluding carboxylic acids is 1. The van der Waals surface area contributed by atoms with Crippen LogP contribution >= 0.6 is 11.8 Å². The molecule has 1 amide bonds. The summed E-state index contributed by atoms with van der Waals surface area (Å²) in [7, 11) is 0. The fourth-order valence-electron chi connectivity index (χ4n) is 2.96. The minimum atomic E-state index is -0.167. The summed E-state index contributed by atoms with van der Waals surface area (Å²) in [5, 5.41) is 0.806. The van der Waals surface area contributed by atoms with Crippen molar-refractivity contribution in [3.05, 3.63) is 71.5 Å². The molecule has 1 saturated heterocycles. The lowest BCUT2D eigenvalue weighted by Crippen LogP contribution is -2.47. The first-order chi connectivity index (χ1) is 12.8. The molecule has 0 unspecified atom stereocenters. The summed E-state index contributed by atoms with van der Waals surface area (Å²) in [5.74, 6) is 0.593. The highest BCUT2D eigenvalue weighted by Gasteiger charge is 2.28. The van der Waals surface area contributed by atoms with E-state index >= 15 is 0 Å². The number of allylic oxidation sites excluding steroid dienone is 2. The molecule has 0 spiro atoms. The molecule has 3 heterocycles. The van der Waals surface area contributed by atoms with Crippen molar-refractivity contribution in [3.8, 4) is 0 Å². The molecule has 0 bridgehead atoms. The van der Waals surface area contributed by atoms with Gasteiger partial charge < -0.3 is 14.2 Å². The van der Waals surface area contributed by atoms with Crippen LogP contribution in [-0.4, -0.2) is 42.2 Å². The number of para-hydroxylation sites is 1. The molecular formula is C20H19N3O2S. The third-order valence-electron chi connectivity index (χ3n) is 4.33. The summed E-state index contributed by atoms with van der Waals surface area (Å²) in [6.45, 7) is 3.58. The third kappa shape index (κ3) is 3.75. The van der Waals surface area contributed by atoms with Gasteiger partial charge in [0.15, 0.2) is 5.17 Å². The van der Waals surface area contributed by atoms with E-state index in [-0.39, 0.29) is 5.91 Å². The average Bonchev–Trinajstić information content (AvgIpc) is 3.33. The molecule has 4 rings (SSSR count).